The summed E-state index contributed by atoms with van der Waals surface area (Å²) in [5.41, 5.74) is 0. The Kier molecular flexibility index (Phi) is 3.42. The summed E-state index contributed by atoms with van der Waals surface area (Å²) in [5, 5.41) is 0. The lowest BCUT2D eigenvalue weighted by atomic mass is 9.79. The maximum atomic E-state index is 5.41. The molecule has 5 unspecified atom stereocenters. The molecule has 3 nitrogen and oxygen atoms in total. The molecule has 1 saturated carbocycles. The summed E-state index contributed by atoms with van der Waals surface area (Å²) in [6.45, 7) is 9.02. The zero-order valence-electron chi connectivity index (χ0n) is 11.1. The minimum absolute atomic E-state index is 0.514. The first-order valence-corrected chi connectivity index (χ1v) is 7.19. The minimum atomic E-state index is 0.514. The molecule has 98 valence electrons. The van der Waals surface area contributed by atoms with Crippen molar-refractivity contribution in [2.45, 2.75) is 51.4 Å². The van der Waals surface area contributed by atoms with Crippen LogP contribution in [-0.4, -0.2) is 49.5 Å². The number of rotatable bonds is 5. The van der Waals surface area contributed by atoms with Crippen LogP contribution in [0.2, 0.25) is 0 Å². The first-order chi connectivity index (χ1) is 8.22. The molecular formula is C14H25NO2. The number of hydrogen-bond acceptors (Lipinski definition) is 3. The van der Waals surface area contributed by atoms with E-state index < -0.39 is 0 Å². The summed E-state index contributed by atoms with van der Waals surface area (Å²) in [6, 6.07) is 0.764. The Morgan fingerprint density at radius 1 is 1.00 bits per heavy atom. The summed E-state index contributed by atoms with van der Waals surface area (Å²) in [7, 11) is 0. The third kappa shape index (κ3) is 3.21. The second-order valence-corrected chi connectivity index (χ2v) is 6.33. The topological polar surface area (TPSA) is 28.3 Å². The molecule has 3 aliphatic rings. The van der Waals surface area contributed by atoms with Crippen LogP contribution in [-0.2, 0) is 9.47 Å². The molecule has 0 bridgehead atoms. The standard InChI is InChI=1S/C14H25NO2/c1-10-3-4-14(11(2)5-10)15(6-12-8-16-12)7-13-9-17-13/h10-14H,3-9H2,1-2H3. The molecule has 2 aliphatic heterocycles. The van der Waals surface area contributed by atoms with Crippen molar-refractivity contribution in [3.05, 3.63) is 0 Å². The Bertz CT molecular complexity index is 249. The maximum absolute atomic E-state index is 5.41. The van der Waals surface area contributed by atoms with E-state index >= 15 is 0 Å². The van der Waals surface area contributed by atoms with Crippen molar-refractivity contribution in [1.82, 2.24) is 4.90 Å². The smallest absolute Gasteiger partial charge is 0.0936 e. The van der Waals surface area contributed by atoms with E-state index in [2.05, 4.69) is 18.7 Å². The molecule has 5 atom stereocenters. The van der Waals surface area contributed by atoms with Crippen molar-refractivity contribution in [2.24, 2.45) is 11.8 Å². The van der Waals surface area contributed by atoms with Gasteiger partial charge in [-0.25, -0.2) is 0 Å². The normalized spacial score (nSPS) is 45.0. The molecule has 0 spiro atoms. The lowest BCUT2D eigenvalue weighted by Gasteiger charge is -2.40. The molecule has 2 saturated heterocycles. The molecule has 0 N–H and O–H groups in total. The third-order valence-corrected chi connectivity index (χ3v) is 4.54. The van der Waals surface area contributed by atoms with Crippen molar-refractivity contribution in [3.63, 3.8) is 0 Å². The largest absolute Gasteiger partial charge is 0.372 e. The molecule has 3 rings (SSSR count). The lowest BCUT2D eigenvalue weighted by molar-refractivity contribution is 0.0797. The van der Waals surface area contributed by atoms with Gasteiger partial charge in [0.15, 0.2) is 0 Å². The van der Waals surface area contributed by atoms with Crippen molar-refractivity contribution < 1.29 is 9.47 Å². The van der Waals surface area contributed by atoms with Crippen LogP contribution in [0.1, 0.15) is 33.1 Å². The Hall–Kier alpha value is -0.120. The van der Waals surface area contributed by atoms with Crippen molar-refractivity contribution in [2.75, 3.05) is 26.3 Å². The van der Waals surface area contributed by atoms with Gasteiger partial charge in [-0.05, 0) is 31.1 Å². The lowest BCUT2D eigenvalue weighted by Crippen LogP contribution is -2.46. The van der Waals surface area contributed by atoms with E-state index in [1.165, 1.54) is 19.3 Å². The van der Waals surface area contributed by atoms with Gasteiger partial charge in [-0.3, -0.25) is 4.90 Å². The average molecular weight is 239 g/mol. The Morgan fingerprint density at radius 2 is 1.59 bits per heavy atom. The summed E-state index contributed by atoms with van der Waals surface area (Å²) < 4.78 is 10.8. The second-order valence-electron chi connectivity index (χ2n) is 6.33. The predicted molar refractivity (Wildman–Crippen MR) is 67.0 cm³/mol. The van der Waals surface area contributed by atoms with Gasteiger partial charge in [-0.2, -0.15) is 0 Å². The van der Waals surface area contributed by atoms with Gasteiger partial charge < -0.3 is 9.47 Å². The van der Waals surface area contributed by atoms with Gasteiger partial charge in [0.2, 0.25) is 0 Å². The summed E-state index contributed by atoms with van der Waals surface area (Å²) in [6.07, 6.45) is 5.17. The monoisotopic (exact) mass is 239 g/mol. The van der Waals surface area contributed by atoms with Crippen LogP contribution >= 0.6 is 0 Å². The van der Waals surface area contributed by atoms with Gasteiger partial charge >= 0.3 is 0 Å². The highest BCUT2D eigenvalue weighted by atomic mass is 16.6. The van der Waals surface area contributed by atoms with Gasteiger partial charge in [0, 0.05) is 19.1 Å². The van der Waals surface area contributed by atoms with Crippen molar-refractivity contribution >= 4 is 0 Å². The quantitative estimate of drug-likeness (QED) is 0.686. The molecule has 2 heterocycles. The number of epoxide rings is 2. The molecule has 0 aromatic heterocycles. The van der Waals surface area contributed by atoms with E-state index in [0.29, 0.717) is 12.2 Å². The van der Waals surface area contributed by atoms with E-state index in [1.807, 2.05) is 0 Å². The van der Waals surface area contributed by atoms with Gasteiger partial charge in [0.1, 0.15) is 0 Å². The van der Waals surface area contributed by atoms with Gasteiger partial charge in [0.05, 0.1) is 25.4 Å². The zero-order chi connectivity index (χ0) is 11.8. The fraction of sp³-hybridized carbons (Fsp3) is 1.00. The molecule has 1 aliphatic carbocycles. The Balaban J connectivity index is 1.59. The first kappa shape index (κ1) is 11.9. The first-order valence-electron chi connectivity index (χ1n) is 7.19. The van der Waals surface area contributed by atoms with Crippen LogP contribution in [0.15, 0.2) is 0 Å². The Morgan fingerprint density at radius 3 is 2.06 bits per heavy atom. The molecule has 0 aromatic rings. The molecular weight excluding hydrogens is 214 g/mol. The third-order valence-electron chi connectivity index (χ3n) is 4.54. The van der Waals surface area contributed by atoms with E-state index in [0.717, 1.165) is 44.2 Å². The zero-order valence-corrected chi connectivity index (χ0v) is 11.1. The second kappa shape index (κ2) is 4.87. The number of hydrogen-bond donors (Lipinski definition) is 0. The van der Waals surface area contributed by atoms with Crippen LogP contribution in [0.3, 0.4) is 0 Å². The van der Waals surface area contributed by atoms with E-state index in [1.54, 1.807) is 0 Å². The molecule has 17 heavy (non-hydrogen) atoms. The van der Waals surface area contributed by atoms with Crippen LogP contribution < -0.4 is 0 Å². The average Bonchev–Trinajstić information content (AvgIpc) is 3.11. The highest BCUT2D eigenvalue weighted by Gasteiger charge is 2.37. The molecule has 3 fully saturated rings. The summed E-state index contributed by atoms with van der Waals surface area (Å²) in [4.78, 5) is 2.66. The van der Waals surface area contributed by atoms with Crippen molar-refractivity contribution in [3.8, 4) is 0 Å². The maximum Gasteiger partial charge on any atom is 0.0936 e. The SMILES string of the molecule is CC1CCC(N(CC2CO2)CC2CO2)C(C)C1. The van der Waals surface area contributed by atoms with Crippen LogP contribution in [0, 0.1) is 11.8 Å². The van der Waals surface area contributed by atoms with Crippen LogP contribution in [0.5, 0.6) is 0 Å². The number of ether oxygens (including phenoxy) is 2. The van der Waals surface area contributed by atoms with Gasteiger partial charge in [-0.15, -0.1) is 0 Å². The van der Waals surface area contributed by atoms with E-state index in [4.69, 9.17) is 9.47 Å². The Labute approximate surface area is 104 Å². The molecule has 0 aromatic carbocycles. The van der Waals surface area contributed by atoms with Gasteiger partial charge in [0.25, 0.3) is 0 Å². The highest BCUT2D eigenvalue weighted by molar-refractivity contribution is 4.89. The molecule has 3 heteroatoms. The van der Waals surface area contributed by atoms with Gasteiger partial charge in [-0.1, -0.05) is 13.8 Å². The highest BCUT2D eigenvalue weighted by Crippen LogP contribution is 2.33. The predicted octanol–water partition coefficient (Wildman–Crippen LogP) is 1.91. The summed E-state index contributed by atoms with van der Waals surface area (Å²) in [5.74, 6) is 1.74. The fourth-order valence-corrected chi connectivity index (χ4v) is 3.41. The minimum Gasteiger partial charge on any atom is -0.372 e. The molecule has 0 amide bonds. The van der Waals surface area contributed by atoms with Crippen LogP contribution in [0.25, 0.3) is 0 Å². The van der Waals surface area contributed by atoms with Crippen molar-refractivity contribution in [1.29, 1.82) is 0 Å². The van der Waals surface area contributed by atoms with Crippen LogP contribution in [0.4, 0.5) is 0 Å². The van der Waals surface area contributed by atoms with E-state index in [-0.39, 0.29) is 0 Å². The van der Waals surface area contributed by atoms with E-state index in [9.17, 15) is 0 Å². The summed E-state index contributed by atoms with van der Waals surface area (Å²) >= 11 is 0. The molecule has 0 radical (unpaired) electrons. The number of nitrogens with zero attached hydrogens (tertiary/aromatic N) is 1. The fourth-order valence-electron chi connectivity index (χ4n) is 3.41.